The van der Waals surface area contributed by atoms with Crippen molar-refractivity contribution in [3.8, 4) is 16.9 Å². The number of aromatic hydroxyl groups is 1. The van der Waals surface area contributed by atoms with Crippen LogP contribution in [0.5, 0.6) is 5.75 Å². The van der Waals surface area contributed by atoms with Crippen molar-refractivity contribution < 1.29 is 15.0 Å². The first kappa shape index (κ1) is 11.5. The van der Waals surface area contributed by atoms with Gasteiger partial charge in [0.15, 0.2) is 0 Å². The molecule has 0 fully saturated rings. The fraction of sp³-hybridized carbons (Fsp3) is 0. The number of hydrogen-bond donors (Lipinski definition) is 2. The molecular formula is C13H9ClO3. The number of phenols is 1. The third kappa shape index (κ3) is 2.40. The van der Waals surface area contributed by atoms with Crippen molar-refractivity contribution in [2.45, 2.75) is 0 Å². The Bertz CT molecular complexity index is 561. The predicted molar refractivity (Wildman–Crippen MR) is 65.5 cm³/mol. The molecule has 0 aromatic heterocycles. The van der Waals surface area contributed by atoms with E-state index < -0.39 is 5.97 Å². The van der Waals surface area contributed by atoms with Gasteiger partial charge >= 0.3 is 5.97 Å². The predicted octanol–water partition coefficient (Wildman–Crippen LogP) is 3.41. The van der Waals surface area contributed by atoms with Gasteiger partial charge in [-0.2, -0.15) is 0 Å². The summed E-state index contributed by atoms with van der Waals surface area (Å²) in [6.45, 7) is 0. The van der Waals surface area contributed by atoms with Crippen LogP contribution in [0.3, 0.4) is 0 Å². The van der Waals surface area contributed by atoms with Gasteiger partial charge in [0.2, 0.25) is 0 Å². The maximum Gasteiger partial charge on any atom is 0.337 e. The summed E-state index contributed by atoms with van der Waals surface area (Å²) >= 11 is 5.88. The SMILES string of the molecule is O=C(O)c1ccc(-c2ccc(O)cc2)cc1Cl. The van der Waals surface area contributed by atoms with E-state index in [1.54, 1.807) is 36.4 Å². The smallest absolute Gasteiger partial charge is 0.337 e. The first-order valence-electron chi connectivity index (χ1n) is 4.90. The molecule has 2 aromatic rings. The molecule has 17 heavy (non-hydrogen) atoms. The van der Waals surface area contributed by atoms with Crippen molar-refractivity contribution >= 4 is 17.6 Å². The number of rotatable bonds is 2. The van der Waals surface area contributed by atoms with Crippen molar-refractivity contribution in [3.63, 3.8) is 0 Å². The maximum absolute atomic E-state index is 10.8. The molecule has 0 aliphatic heterocycles. The maximum atomic E-state index is 10.8. The topological polar surface area (TPSA) is 57.5 Å². The lowest BCUT2D eigenvalue weighted by atomic mass is 10.0. The number of carbonyl (C=O) groups is 1. The van der Waals surface area contributed by atoms with E-state index in [0.29, 0.717) is 0 Å². The first-order valence-corrected chi connectivity index (χ1v) is 5.28. The van der Waals surface area contributed by atoms with Crippen LogP contribution < -0.4 is 0 Å². The highest BCUT2D eigenvalue weighted by molar-refractivity contribution is 6.33. The zero-order valence-corrected chi connectivity index (χ0v) is 9.48. The molecule has 0 saturated carbocycles. The summed E-state index contributed by atoms with van der Waals surface area (Å²) in [5.74, 6) is -0.866. The van der Waals surface area contributed by atoms with Crippen molar-refractivity contribution in [2.75, 3.05) is 0 Å². The molecule has 0 saturated heterocycles. The van der Waals surface area contributed by atoms with Gasteiger partial charge in [-0.1, -0.05) is 29.8 Å². The molecule has 0 bridgehead atoms. The van der Waals surface area contributed by atoms with Crippen LogP contribution in [0, 0.1) is 0 Å². The molecule has 86 valence electrons. The Balaban J connectivity index is 2.44. The number of benzene rings is 2. The molecule has 0 heterocycles. The summed E-state index contributed by atoms with van der Waals surface area (Å²) in [5.41, 5.74) is 1.75. The lowest BCUT2D eigenvalue weighted by molar-refractivity contribution is 0.0697. The monoisotopic (exact) mass is 248 g/mol. The summed E-state index contributed by atoms with van der Waals surface area (Å²) in [5, 5.41) is 18.2. The van der Waals surface area contributed by atoms with Crippen LogP contribution in [0.4, 0.5) is 0 Å². The Morgan fingerprint density at radius 2 is 1.59 bits per heavy atom. The molecule has 3 nitrogen and oxygen atoms in total. The summed E-state index contributed by atoms with van der Waals surface area (Å²) in [4.78, 5) is 10.8. The van der Waals surface area contributed by atoms with Crippen LogP contribution >= 0.6 is 11.6 Å². The Morgan fingerprint density at radius 3 is 2.12 bits per heavy atom. The molecule has 0 aliphatic rings. The van der Waals surface area contributed by atoms with Gasteiger partial charge in [0.1, 0.15) is 5.75 Å². The van der Waals surface area contributed by atoms with E-state index in [4.69, 9.17) is 16.7 Å². The van der Waals surface area contributed by atoms with Gasteiger partial charge in [0.25, 0.3) is 0 Å². The largest absolute Gasteiger partial charge is 0.508 e. The molecule has 0 amide bonds. The number of phenolic OH excluding ortho intramolecular Hbond substituents is 1. The molecule has 0 aliphatic carbocycles. The summed E-state index contributed by atoms with van der Waals surface area (Å²) in [6.07, 6.45) is 0. The van der Waals surface area contributed by atoms with E-state index in [0.717, 1.165) is 11.1 Å². The molecule has 0 atom stereocenters. The zero-order valence-electron chi connectivity index (χ0n) is 8.72. The Labute approximate surface area is 103 Å². The van der Waals surface area contributed by atoms with Crippen LogP contribution in [0.25, 0.3) is 11.1 Å². The number of aromatic carboxylic acids is 1. The van der Waals surface area contributed by atoms with Gasteiger partial charge < -0.3 is 10.2 Å². The average molecular weight is 249 g/mol. The molecule has 0 spiro atoms. The van der Waals surface area contributed by atoms with E-state index in [-0.39, 0.29) is 16.3 Å². The Hall–Kier alpha value is -2.00. The van der Waals surface area contributed by atoms with Crippen molar-refractivity contribution in [1.29, 1.82) is 0 Å². The van der Waals surface area contributed by atoms with Gasteiger partial charge in [-0.15, -0.1) is 0 Å². The second-order valence-corrected chi connectivity index (χ2v) is 3.95. The number of hydrogen-bond acceptors (Lipinski definition) is 2. The van der Waals surface area contributed by atoms with Gasteiger partial charge in [0.05, 0.1) is 10.6 Å². The zero-order chi connectivity index (χ0) is 12.4. The van der Waals surface area contributed by atoms with Gasteiger partial charge in [-0.25, -0.2) is 4.79 Å². The minimum absolute atomic E-state index is 0.0780. The third-order valence-electron chi connectivity index (χ3n) is 2.40. The van der Waals surface area contributed by atoms with E-state index in [1.165, 1.54) is 6.07 Å². The number of halogens is 1. The van der Waals surface area contributed by atoms with E-state index in [1.807, 2.05) is 0 Å². The van der Waals surface area contributed by atoms with Crippen LogP contribution in [-0.4, -0.2) is 16.2 Å². The minimum atomic E-state index is -1.05. The van der Waals surface area contributed by atoms with Crippen molar-refractivity contribution in [2.24, 2.45) is 0 Å². The second kappa shape index (κ2) is 4.47. The van der Waals surface area contributed by atoms with E-state index in [9.17, 15) is 9.90 Å². The second-order valence-electron chi connectivity index (χ2n) is 3.55. The lowest BCUT2D eigenvalue weighted by Crippen LogP contribution is -1.97. The molecule has 0 unspecified atom stereocenters. The standard InChI is InChI=1S/C13H9ClO3/c14-12-7-9(3-6-11(12)13(16)17)8-1-4-10(15)5-2-8/h1-7,15H,(H,16,17). The van der Waals surface area contributed by atoms with E-state index >= 15 is 0 Å². The van der Waals surface area contributed by atoms with Crippen LogP contribution in [0.15, 0.2) is 42.5 Å². The molecule has 4 heteroatoms. The quantitative estimate of drug-likeness (QED) is 0.856. The Kier molecular flexibility index (Phi) is 3.02. The average Bonchev–Trinajstić information content (AvgIpc) is 2.29. The fourth-order valence-corrected chi connectivity index (χ4v) is 1.78. The summed E-state index contributed by atoms with van der Waals surface area (Å²) in [6, 6.07) is 11.3. The van der Waals surface area contributed by atoms with Crippen LogP contribution in [-0.2, 0) is 0 Å². The molecule has 2 N–H and O–H groups in total. The molecule has 0 radical (unpaired) electrons. The van der Waals surface area contributed by atoms with Crippen molar-refractivity contribution in [1.82, 2.24) is 0 Å². The van der Waals surface area contributed by atoms with Gasteiger partial charge in [-0.3, -0.25) is 0 Å². The van der Waals surface area contributed by atoms with Crippen LogP contribution in [0.2, 0.25) is 5.02 Å². The molecule has 2 aromatic carbocycles. The highest BCUT2D eigenvalue weighted by Gasteiger charge is 2.09. The highest BCUT2D eigenvalue weighted by atomic mass is 35.5. The summed E-state index contributed by atoms with van der Waals surface area (Å²) < 4.78 is 0. The Morgan fingerprint density at radius 1 is 1.00 bits per heavy atom. The highest BCUT2D eigenvalue weighted by Crippen LogP contribution is 2.26. The molecule has 2 rings (SSSR count). The van der Waals surface area contributed by atoms with Gasteiger partial charge in [0, 0.05) is 0 Å². The fourth-order valence-electron chi connectivity index (χ4n) is 1.52. The van der Waals surface area contributed by atoms with Crippen LogP contribution in [0.1, 0.15) is 10.4 Å². The first-order chi connectivity index (χ1) is 8.08. The summed E-state index contributed by atoms with van der Waals surface area (Å²) in [7, 11) is 0. The normalized spacial score (nSPS) is 10.2. The van der Waals surface area contributed by atoms with Gasteiger partial charge in [-0.05, 0) is 35.4 Å². The lowest BCUT2D eigenvalue weighted by Gasteiger charge is -2.04. The number of carboxylic acid groups (broad SMARTS) is 1. The van der Waals surface area contributed by atoms with Crippen molar-refractivity contribution in [3.05, 3.63) is 53.1 Å². The third-order valence-corrected chi connectivity index (χ3v) is 2.71. The number of carboxylic acids is 1. The molecular weight excluding hydrogens is 240 g/mol. The van der Waals surface area contributed by atoms with E-state index in [2.05, 4.69) is 0 Å². The minimum Gasteiger partial charge on any atom is -0.508 e.